The summed E-state index contributed by atoms with van der Waals surface area (Å²) in [7, 11) is 0. The van der Waals surface area contributed by atoms with Crippen LogP contribution in [0.2, 0.25) is 0 Å². The second-order valence-electron chi connectivity index (χ2n) is 6.84. The molecule has 1 aliphatic heterocycles. The number of aromatic nitrogens is 3. The number of hydrogen-bond donors (Lipinski definition) is 2. The van der Waals surface area contributed by atoms with Gasteiger partial charge < -0.3 is 10.3 Å². The number of ketones is 1. The second-order valence-corrected chi connectivity index (χ2v) is 7.93. The second kappa shape index (κ2) is 7.68. The summed E-state index contributed by atoms with van der Waals surface area (Å²) in [4.78, 5) is 37.4. The SMILES string of the molecule is CCCCSc1nc2c(c(=O)[nH]1)[C@H](c1ccncc1)C1=C(CCCC1=O)N2. The average Bonchev–Trinajstić information content (AvgIpc) is 2.67. The molecule has 4 rings (SSSR count). The predicted molar refractivity (Wildman–Crippen MR) is 106 cm³/mol. The van der Waals surface area contributed by atoms with Gasteiger partial charge in [-0.1, -0.05) is 25.1 Å². The molecule has 2 aromatic heterocycles. The normalized spacial score (nSPS) is 18.7. The number of nitrogens with zero attached hydrogens (tertiary/aromatic N) is 2. The molecule has 27 heavy (non-hydrogen) atoms. The minimum atomic E-state index is -0.391. The van der Waals surface area contributed by atoms with Crippen LogP contribution >= 0.6 is 11.8 Å². The van der Waals surface area contributed by atoms with Crippen LogP contribution in [-0.2, 0) is 4.79 Å². The molecule has 0 amide bonds. The molecule has 7 heteroatoms. The molecule has 2 aromatic rings. The first-order chi connectivity index (χ1) is 13.2. The maximum Gasteiger partial charge on any atom is 0.257 e. The smallest absolute Gasteiger partial charge is 0.257 e. The standard InChI is InChI=1S/C20H22N4O2S/c1-2-3-11-27-20-23-18-17(19(26)24-20)15(12-7-9-21-10-8-12)16-13(22-18)5-4-6-14(16)25/h7-10,15H,2-6,11H2,1H3,(H2,22,23,24,26)/t15-/m1/s1. The third kappa shape index (κ3) is 3.43. The molecule has 2 aliphatic rings. The third-order valence-electron chi connectivity index (χ3n) is 5.01. The van der Waals surface area contributed by atoms with Crippen LogP contribution in [0.1, 0.15) is 56.1 Å². The number of unbranched alkanes of at least 4 members (excludes halogenated alkanes) is 1. The quantitative estimate of drug-likeness (QED) is 0.466. The number of fused-ring (bicyclic) bond motifs is 1. The molecule has 0 fully saturated rings. The molecular formula is C20H22N4O2S. The molecule has 1 atom stereocenters. The molecule has 0 aromatic carbocycles. The van der Waals surface area contributed by atoms with Crippen molar-refractivity contribution in [1.82, 2.24) is 15.0 Å². The molecule has 0 saturated carbocycles. The number of carbonyl (C=O) groups excluding carboxylic acids is 1. The van der Waals surface area contributed by atoms with Gasteiger partial charge in [-0.2, -0.15) is 0 Å². The van der Waals surface area contributed by atoms with E-state index >= 15 is 0 Å². The Bertz CT molecular complexity index is 952. The molecule has 140 valence electrons. The van der Waals surface area contributed by atoms with Crippen molar-refractivity contribution < 1.29 is 4.79 Å². The van der Waals surface area contributed by atoms with Crippen LogP contribution in [-0.4, -0.2) is 26.5 Å². The van der Waals surface area contributed by atoms with Crippen LogP contribution < -0.4 is 10.9 Å². The van der Waals surface area contributed by atoms with E-state index in [0.29, 0.717) is 28.5 Å². The fraction of sp³-hybridized carbons (Fsp3) is 0.400. The molecule has 0 bridgehead atoms. The van der Waals surface area contributed by atoms with Gasteiger partial charge >= 0.3 is 0 Å². The molecule has 3 heterocycles. The Hall–Kier alpha value is -2.41. The Labute approximate surface area is 161 Å². The third-order valence-corrected chi connectivity index (χ3v) is 5.97. The minimum Gasteiger partial charge on any atom is -0.343 e. The highest BCUT2D eigenvalue weighted by molar-refractivity contribution is 7.99. The summed E-state index contributed by atoms with van der Waals surface area (Å²) in [6.45, 7) is 2.14. The Morgan fingerprint density at radius 3 is 2.81 bits per heavy atom. The summed E-state index contributed by atoms with van der Waals surface area (Å²) in [5, 5.41) is 3.92. The predicted octanol–water partition coefficient (Wildman–Crippen LogP) is 3.62. The number of anilines is 1. The summed E-state index contributed by atoms with van der Waals surface area (Å²) in [6.07, 6.45) is 7.71. The fourth-order valence-corrected chi connectivity index (χ4v) is 4.66. The zero-order valence-corrected chi connectivity index (χ0v) is 16.1. The van der Waals surface area contributed by atoms with Gasteiger partial charge in [-0.15, -0.1) is 0 Å². The summed E-state index contributed by atoms with van der Waals surface area (Å²) in [5.41, 5.74) is 2.85. The molecule has 6 nitrogen and oxygen atoms in total. The van der Waals surface area contributed by atoms with Crippen molar-refractivity contribution in [2.75, 3.05) is 11.1 Å². The lowest BCUT2D eigenvalue weighted by molar-refractivity contribution is -0.116. The zero-order chi connectivity index (χ0) is 18.8. The Balaban J connectivity index is 1.83. The average molecular weight is 382 g/mol. The Kier molecular flexibility index (Phi) is 5.11. The Morgan fingerprint density at radius 2 is 2.04 bits per heavy atom. The monoisotopic (exact) mass is 382 g/mol. The fourth-order valence-electron chi connectivity index (χ4n) is 3.71. The first-order valence-electron chi connectivity index (χ1n) is 9.39. The van der Waals surface area contributed by atoms with Gasteiger partial charge in [-0.05, 0) is 37.0 Å². The maximum absolute atomic E-state index is 13.0. The highest BCUT2D eigenvalue weighted by Crippen LogP contribution is 2.43. The van der Waals surface area contributed by atoms with E-state index in [1.165, 1.54) is 0 Å². The highest BCUT2D eigenvalue weighted by atomic mass is 32.2. The summed E-state index contributed by atoms with van der Waals surface area (Å²) >= 11 is 1.56. The number of hydrogen-bond acceptors (Lipinski definition) is 6. The molecule has 0 radical (unpaired) electrons. The van der Waals surface area contributed by atoms with Gasteiger partial charge in [0.2, 0.25) is 0 Å². The van der Waals surface area contributed by atoms with E-state index in [9.17, 15) is 9.59 Å². The van der Waals surface area contributed by atoms with E-state index in [4.69, 9.17) is 0 Å². The van der Waals surface area contributed by atoms with Gasteiger partial charge in [-0.3, -0.25) is 14.6 Å². The maximum atomic E-state index is 13.0. The lowest BCUT2D eigenvalue weighted by Crippen LogP contribution is -2.32. The zero-order valence-electron chi connectivity index (χ0n) is 15.2. The molecule has 0 unspecified atom stereocenters. The number of rotatable bonds is 5. The van der Waals surface area contributed by atoms with Gasteiger partial charge in [0.1, 0.15) is 5.82 Å². The lowest BCUT2D eigenvalue weighted by atomic mass is 9.77. The van der Waals surface area contributed by atoms with Crippen LogP contribution in [0, 0.1) is 0 Å². The van der Waals surface area contributed by atoms with E-state index in [-0.39, 0.29) is 11.3 Å². The summed E-state index contributed by atoms with van der Waals surface area (Å²) < 4.78 is 0. The largest absolute Gasteiger partial charge is 0.343 e. The van der Waals surface area contributed by atoms with Crippen molar-refractivity contribution in [3.63, 3.8) is 0 Å². The molecule has 1 aliphatic carbocycles. The number of carbonyl (C=O) groups is 1. The van der Waals surface area contributed by atoms with Crippen LogP contribution in [0.15, 0.2) is 45.7 Å². The van der Waals surface area contributed by atoms with Gasteiger partial charge in [0.15, 0.2) is 10.9 Å². The van der Waals surface area contributed by atoms with Crippen molar-refractivity contribution in [2.45, 2.75) is 50.1 Å². The number of Topliss-reactive ketones (excluding diaryl/α,β-unsaturated/α-hetero) is 1. The van der Waals surface area contributed by atoms with E-state index in [1.807, 2.05) is 12.1 Å². The van der Waals surface area contributed by atoms with Gasteiger partial charge in [0.25, 0.3) is 5.56 Å². The van der Waals surface area contributed by atoms with E-state index < -0.39 is 5.92 Å². The van der Waals surface area contributed by atoms with Gasteiger partial charge in [0, 0.05) is 41.8 Å². The topological polar surface area (TPSA) is 87.7 Å². The van der Waals surface area contributed by atoms with Gasteiger partial charge in [0.05, 0.1) is 5.56 Å². The van der Waals surface area contributed by atoms with Crippen molar-refractivity contribution in [3.05, 3.63) is 57.3 Å². The molecule has 0 spiro atoms. The molecule has 0 saturated heterocycles. The Morgan fingerprint density at radius 1 is 1.22 bits per heavy atom. The number of allylic oxidation sites excluding steroid dienone is 2. The van der Waals surface area contributed by atoms with Crippen molar-refractivity contribution in [2.24, 2.45) is 0 Å². The van der Waals surface area contributed by atoms with Crippen molar-refractivity contribution >= 4 is 23.4 Å². The molecule has 2 N–H and O–H groups in total. The number of nitrogens with one attached hydrogen (secondary N) is 2. The number of pyridine rings is 1. The van der Waals surface area contributed by atoms with Crippen molar-refractivity contribution in [3.8, 4) is 0 Å². The first kappa shape index (κ1) is 18.0. The first-order valence-corrected chi connectivity index (χ1v) is 10.4. The van der Waals surface area contributed by atoms with Crippen LogP contribution in [0.5, 0.6) is 0 Å². The highest BCUT2D eigenvalue weighted by Gasteiger charge is 2.37. The number of aromatic amines is 1. The van der Waals surface area contributed by atoms with Crippen LogP contribution in [0.4, 0.5) is 5.82 Å². The van der Waals surface area contributed by atoms with Crippen LogP contribution in [0.25, 0.3) is 0 Å². The van der Waals surface area contributed by atoms with E-state index in [2.05, 4.69) is 27.2 Å². The summed E-state index contributed by atoms with van der Waals surface area (Å²) in [6, 6.07) is 3.74. The van der Waals surface area contributed by atoms with Crippen molar-refractivity contribution in [1.29, 1.82) is 0 Å². The minimum absolute atomic E-state index is 0.108. The van der Waals surface area contributed by atoms with E-state index in [0.717, 1.165) is 42.7 Å². The van der Waals surface area contributed by atoms with Gasteiger partial charge in [-0.25, -0.2) is 4.98 Å². The molecular weight excluding hydrogens is 360 g/mol. The van der Waals surface area contributed by atoms with E-state index in [1.54, 1.807) is 24.2 Å². The summed E-state index contributed by atoms with van der Waals surface area (Å²) in [5.74, 6) is 1.21. The lowest BCUT2D eigenvalue weighted by Gasteiger charge is -2.32. The van der Waals surface area contributed by atoms with Crippen LogP contribution in [0.3, 0.4) is 0 Å². The number of thioether (sulfide) groups is 1. The number of H-pyrrole nitrogens is 1.